The Morgan fingerprint density at radius 2 is 1.80 bits per heavy atom. The molecule has 2 aromatic carbocycles. The first-order valence-corrected chi connectivity index (χ1v) is 9.82. The molecule has 1 aliphatic rings. The number of hydrogen-bond acceptors (Lipinski definition) is 2. The highest BCUT2D eigenvalue weighted by Crippen LogP contribution is 2.39. The van der Waals surface area contributed by atoms with Crippen LogP contribution in [0, 0.1) is 6.92 Å². The quantitative estimate of drug-likeness (QED) is 0.447. The third-order valence-corrected chi connectivity index (χ3v) is 5.34. The molecule has 4 rings (SSSR count). The van der Waals surface area contributed by atoms with Gasteiger partial charge in [0.2, 0.25) is 0 Å². The Morgan fingerprint density at radius 3 is 2.40 bits per heavy atom. The average molecular weight is 435 g/mol. The highest BCUT2D eigenvalue weighted by Gasteiger charge is 2.43. The number of carbonyl (C=O) groups excluding carboxylic acids is 2. The average Bonchev–Trinajstić information content (AvgIpc) is 3.43. The van der Waals surface area contributed by atoms with E-state index in [4.69, 9.17) is 11.6 Å². The summed E-state index contributed by atoms with van der Waals surface area (Å²) in [6, 6.07) is 11.0. The van der Waals surface area contributed by atoms with E-state index in [9.17, 15) is 22.8 Å². The first-order valence-electron chi connectivity index (χ1n) is 9.45. The molecule has 1 heterocycles. The second-order valence-corrected chi connectivity index (χ2v) is 7.97. The van der Waals surface area contributed by atoms with Crippen molar-refractivity contribution in [1.29, 1.82) is 0 Å². The van der Waals surface area contributed by atoms with Crippen molar-refractivity contribution >= 4 is 34.2 Å². The summed E-state index contributed by atoms with van der Waals surface area (Å²) >= 11 is 5.88. The lowest BCUT2D eigenvalue weighted by Gasteiger charge is -2.15. The lowest BCUT2D eigenvalue weighted by atomic mass is 10.0. The van der Waals surface area contributed by atoms with E-state index in [-0.39, 0.29) is 23.5 Å². The molecular formula is C22H18ClF3N2O2. The zero-order valence-electron chi connectivity index (χ0n) is 16.0. The molecule has 1 amide bonds. The fourth-order valence-electron chi connectivity index (χ4n) is 3.52. The summed E-state index contributed by atoms with van der Waals surface area (Å²) in [6.45, 7) is 1.60. The van der Waals surface area contributed by atoms with Gasteiger partial charge in [0, 0.05) is 28.5 Å². The lowest BCUT2D eigenvalue weighted by Crippen LogP contribution is -2.34. The molecule has 0 radical (unpaired) electrons. The number of aryl methyl sites for hydroxylation is 1. The van der Waals surface area contributed by atoms with E-state index >= 15 is 0 Å². The summed E-state index contributed by atoms with van der Waals surface area (Å²) < 4.78 is 43.6. The summed E-state index contributed by atoms with van der Waals surface area (Å²) in [5.74, 6) is -2.17. The summed E-state index contributed by atoms with van der Waals surface area (Å²) in [4.78, 5) is 25.2. The zero-order chi connectivity index (χ0) is 21.6. The summed E-state index contributed by atoms with van der Waals surface area (Å²) in [5, 5.41) is 3.08. The Bertz CT molecular complexity index is 1150. The van der Waals surface area contributed by atoms with Gasteiger partial charge in [-0.1, -0.05) is 35.4 Å². The Balaban J connectivity index is 1.92. The second kappa shape index (κ2) is 7.47. The largest absolute Gasteiger partial charge is 0.432 e. The van der Waals surface area contributed by atoms with Gasteiger partial charge in [-0.2, -0.15) is 13.2 Å². The van der Waals surface area contributed by atoms with Crippen LogP contribution in [0.15, 0.2) is 42.5 Å². The van der Waals surface area contributed by atoms with Gasteiger partial charge in [0.25, 0.3) is 11.7 Å². The van der Waals surface area contributed by atoms with Crippen LogP contribution in [0.1, 0.15) is 40.0 Å². The number of hydrogen-bond donors (Lipinski definition) is 1. The van der Waals surface area contributed by atoms with Crippen LogP contribution in [-0.2, 0) is 17.5 Å². The SMILES string of the molecule is Cc1ccc2c(c1)c(C(=O)C(=O)NC1CC1)c(C(F)(F)F)n2Cc1ccc(Cl)cc1. The molecule has 0 bridgehead atoms. The molecule has 1 N–H and O–H groups in total. The number of halogens is 4. The number of nitrogens with one attached hydrogen (secondary N) is 1. The van der Waals surface area contributed by atoms with Crippen molar-refractivity contribution in [3.05, 3.63) is 69.9 Å². The predicted molar refractivity (Wildman–Crippen MR) is 108 cm³/mol. The molecule has 3 aromatic rings. The van der Waals surface area contributed by atoms with E-state index < -0.39 is 29.1 Å². The Morgan fingerprint density at radius 1 is 1.13 bits per heavy atom. The third kappa shape index (κ3) is 3.94. The highest BCUT2D eigenvalue weighted by molar-refractivity contribution is 6.45. The van der Waals surface area contributed by atoms with E-state index in [1.54, 1.807) is 43.3 Å². The van der Waals surface area contributed by atoms with Crippen molar-refractivity contribution < 1.29 is 22.8 Å². The smallest absolute Gasteiger partial charge is 0.346 e. The topological polar surface area (TPSA) is 51.1 Å². The van der Waals surface area contributed by atoms with E-state index in [1.165, 1.54) is 6.07 Å². The summed E-state index contributed by atoms with van der Waals surface area (Å²) in [5.41, 5.74) is -0.201. The normalized spacial score (nSPS) is 14.2. The molecule has 0 saturated heterocycles. The van der Waals surface area contributed by atoms with Crippen molar-refractivity contribution in [2.75, 3.05) is 0 Å². The highest BCUT2D eigenvalue weighted by atomic mass is 35.5. The fraction of sp³-hybridized carbons (Fsp3) is 0.273. The molecule has 0 aliphatic heterocycles. The minimum atomic E-state index is -4.83. The minimum Gasteiger partial charge on any atom is -0.346 e. The molecule has 0 atom stereocenters. The van der Waals surface area contributed by atoms with Gasteiger partial charge >= 0.3 is 6.18 Å². The molecule has 156 valence electrons. The van der Waals surface area contributed by atoms with Gasteiger partial charge in [-0.15, -0.1) is 0 Å². The molecule has 0 unspecified atom stereocenters. The Labute approximate surface area is 175 Å². The van der Waals surface area contributed by atoms with Crippen LogP contribution in [-0.4, -0.2) is 22.3 Å². The second-order valence-electron chi connectivity index (χ2n) is 7.53. The van der Waals surface area contributed by atoms with Gasteiger partial charge in [-0.3, -0.25) is 9.59 Å². The van der Waals surface area contributed by atoms with Gasteiger partial charge in [0.1, 0.15) is 5.69 Å². The first-order chi connectivity index (χ1) is 14.1. The number of nitrogens with zero attached hydrogens (tertiary/aromatic N) is 1. The molecular weight excluding hydrogens is 417 g/mol. The maximum Gasteiger partial charge on any atom is 0.432 e. The Hall–Kier alpha value is -2.80. The molecule has 4 nitrogen and oxygen atoms in total. The summed E-state index contributed by atoms with van der Waals surface area (Å²) in [7, 11) is 0. The number of carbonyl (C=O) groups is 2. The van der Waals surface area contributed by atoms with Gasteiger partial charge in [-0.05, 0) is 49.6 Å². The monoisotopic (exact) mass is 434 g/mol. The van der Waals surface area contributed by atoms with Crippen LogP contribution in [0.3, 0.4) is 0 Å². The molecule has 1 aromatic heterocycles. The number of alkyl halides is 3. The number of fused-ring (bicyclic) bond motifs is 1. The maximum atomic E-state index is 14.2. The van der Waals surface area contributed by atoms with E-state index in [2.05, 4.69) is 5.32 Å². The molecule has 1 aliphatic carbocycles. The van der Waals surface area contributed by atoms with Crippen molar-refractivity contribution in [2.24, 2.45) is 0 Å². The first kappa shape index (κ1) is 20.5. The number of ketones is 1. The molecule has 0 spiro atoms. The van der Waals surface area contributed by atoms with Crippen LogP contribution >= 0.6 is 11.6 Å². The third-order valence-electron chi connectivity index (χ3n) is 5.09. The van der Waals surface area contributed by atoms with E-state index in [0.717, 1.165) is 17.4 Å². The van der Waals surface area contributed by atoms with Gasteiger partial charge in [0.15, 0.2) is 0 Å². The van der Waals surface area contributed by atoms with Crippen LogP contribution < -0.4 is 5.32 Å². The number of benzene rings is 2. The minimum absolute atomic E-state index is 0.118. The van der Waals surface area contributed by atoms with Gasteiger partial charge < -0.3 is 9.88 Å². The van der Waals surface area contributed by atoms with E-state index in [1.807, 2.05) is 0 Å². The Kier molecular flexibility index (Phi) is 5.10. The van der Waals surface area contributed by atoms with Crippen LogP contribution in [0.5, 0.6) is 0 Å². The molecule has 30 heavy (non-hydrogen) atoms. The zero-order valence-corrected chi connectivity index (χ0v) is 16.8. The number of rotatable bonds is 5. The standard InChI is InChI=1S/C22H18ClF3N2O2/c1-12-2-9-17-16(10-12)18(19(29)21(30)27-15-7-8-15)20(22(24,25)26)28(17)11-13-3-5-14(23)6-4-13/h2-6,9-10,15H,7-8,11H2,1H3,(H,27,30). The lowest BCUT2D eigenvalue weighted by molar-refractivity contribution is -0.143. The summed E-state index contributed by atoms with van der Waals surface area (Å²) in [6.07, 6.45) is -3.38. The molecule has 1 saturated carbocycles. The molecule has 1 fully saturated rings. The van der Waals surface area contributed by atoms with Crippen molar-refractivity contribution in [3.63, 3.8) is 0 Å². The van der Waals surface area contributed by atoms with Crippen molar-refractivity contribution in [3.8, 4) is 0 Å². The fourth-order valence-corrected chi connectivity index (χ4v) is 3.65. The van der Waals surface area contributed by atoms with Crippen LogP contribution in [0.4, 0.5) is 13.2 Å². The van der Waals surface area contributed by atoms with Crippen LogP contribution in [0.2, 0.25) is 5.02 Å². The van der Waals surface area contributed by atoms with Gasteiger partial charge in [-0.25, -0.2) is 0 Å². The van der Waals surface area contributed by atoms with Crippen molar-refractivity contribution in [2.45, 2.75) is 38.5 Å². The number of Topliss-reactive ketones (excluding diaryl/α,β-unsaturated/α-hetero) is 1. The predicted octanol–water partition coefficient (Wildman–Crippen LogP) is 5.13. The van der Waals surface area contributed by atoms with Gasteiger partial charge in [0.05, 0.1) is 5.56 Å². The maximum absolute atomic E-state index is 14.2. The number of amides is 1. The van der Waals surface area contributed by atoms with E-state index in [0.29, 0.717) is 16.1 Å². The molecule has 8 heteroatoms. The van der Waals surface area contributed by atoms with Crippen LogP contribution in [0.25, 0.3) is 10.9 Å². The number of aromatic nitrogens is 1. The van der Waals surface area contributed by atoms with Crippen molar-refractivity contribution in [1.82, 2.24) is 9.88 Å².